The summed E-state index contributed by atoms with van der Waals surface area (Å²) in [6, 6.07) is 12.0. The van der Waals surface area contributed by atoms with Crippen molar-refractivity contribution in [2.24, 2.45) is 5.11 Å². The van der Waals surface area contributed by atoms with E-state index in [4.69, 9.17) is 0 Å². The lowest BCUT2D eigenvalue weighted by atomic mass is 10.2. The molecule has 3 rings (SSSR count). The Hall–Kier alpha value is -1.18. The summed E-state index contributed by atoms with van der Waals surface area (Å²) >= 11 is 0. The molecule has 1 fully saturated rings. The smallest absolute Gasteiger partial charge is 0.120 e. The van der Waals surface area contributed by atoms with E-state index in [1.54, 1.807) is 0 Å². The van der Waals surface area contributed by atoms with Crippen LogP contribution in [0.1, 0.15) is 24.8 Å². The van der Waals surface area contributed by atoms with Gasteiger partial charge in [0.15, 0.2) is 12.6 Å². The molecule has 0 radical (unpaired) electrons. The lowest BCUT2D eigenvalue weighted by molar-refractivity contribution is -0.634. The first-order valence-corrected chi connectivity index (χ1v) is 5.43. The highest BCUT2D eigenvalue weighted by atomic mass is 15.3. The molecule has 1 aliphatic carbocycles. The summed E-state index contributed by atoms with van der Waals surface area (Å²) in [5.41, 5.74) is 1.38. The standard InChI is InChI=1S/C12H15N2/c1-2-4-10(5-3-1)9-14-12-7-6-11(8-12)13-14/h1-5,11-12H,6-9H2/q+1. The Balaban J connectivity index is 1.77. The van der Waals surface area contributed by atoms with Gasteiger partial charge < -0.3 is 0 Å². The van der Waals surface area contributed by atoms with E-state index in [0.29, 0.717) is 6.04 Å². The lowest BCUT2D eigenvalue weighted by Gasteiger charge is -2.05. The maximum Gasteiger partial charge on any atom is 0.193 e. The van der Waals surface area contributed by atoms with Crippen LogP contribution in [0.4, 0.5) is 0 Å². The summed E-state index contributed by atoms with van der Waals surface area (Å²) < 4.78 is 2.30. The van der Waals surface area contributed by atoms with Crippen LogP contribution in [-0.4, -0.2) is 16.8 Å². The molecule has 2 heteroatoms. The Morgan fingerprint density at radius 3 is 2.71 bits per heavy atom. The molecule has 0 aromatic heterocycles. The maximum absolute atomic E-state index is 4.68. The van der Waals surface area contributed by atoms with Crippen LogP contribution in [0.5, 0.6) is 0 Å². The van der Waals surface area contributed by atoms with Crippen molar-refractivity contribution in [2.75, 3.05) is 0 Å². The van der Waals surface area contributed by atoms with E-state index in [1.165, 1.54) is 24.8 Å². The fraction of sp³-hybridized carbons (Fsp3) is 0.500. The van der Waals surface area contributed by atoms with Gasteiger partial charge in [-0.05, 0) is 11.5 Å². The van der Waals surface area contributed by atoms with Gasteiger partial charge in [0.25, 0.3) is 0 Å². The van der Waals surface area contributed by atoms with Crippen LogP contribution in [0.25, 0.3) is 0 Å². The Bertz CT molecular complexity index is 356. The van der Waals surface area contributed by atoms with E-state index in [9.17, 15) is 0 Å². The molecule has 2 nitrogen and oxygen atoms in total. The highest BCUT2D eigenvalue weighted by Crippen LogP contribution is 2.31. The molecule has 1 aromatic rings. The van der Waals surface area contributed by atoms with Gasteiger partial charge in [-0.15, -0.1) is 4.70 Å². The van der Waals surface area contributed by atoms with Crippen LogP contribution in [-0.2, 0) is 6.54 Å². The van der Waals surface area contributed by atoms with Gasteiger partial charge in [-0.2, -0.15) is 0 Å². The normalized spacial score (nSPS) is 29.3. The van der Waals surface area contributed by atoms with Crippen LogP contribution in [0, 0.1) is 0 Å². The Kier molecular flexibility index (Phi) is 1.86. The second-order valence-corrected chi connectivity index (χ2v) is 4.32. The number of fused-ring (bicyclic) bond motifs is 2. The van der Waals surface area contributed by atoms with Crippen LogP contribution < -0.4 is 0 Å². The summed E-state index contributed by atoms with van der Waals surface area (Å²) in [5.74, 6) is 0. The molecule has 2 bridgehead atoms. The van der Waals surface area contributed by atoms with Crippen molar-refractivity contribution in [3.63, 3.8) is 0 Å². The van der Waals surface area contributed by atoms with Crippen molar-refractivity contribution >= 4 is 0 Å². The van der Waals surface area contributed by atoms with Crippen molar-refractivity contribution in [1.29, 1.82) is 0 Å². The highest BCUT2D eigenvalue weighted by molar-refractivity contribution is 5.13. The molecule has 2 unspecified atom stereocenters. The topological polar surface area (TPSA) is 15.4 Å². The van der Waals surface area contributed by atoms with E-state index in [2.05, 4.69) is 40.1 Å². The number of nitrogens with zero attached hydrogens (tertiary/aromatic N) is 2. The molecule has 0 amide bonds. The van der Waals surface area contributed by atoms with E-state index >= 15 is 0 Å². The van der Waals surface area contributed by atoms with Crippen molar-refractivity contribution in [3.8, 4) is 0 Å². The van der Waals surface area contributed by atoms with Crippen LogP contribution >= 0.6 is 0 Å². The van der Waals surface area contributed by atoms with Gasteiger partial charge >= 0.3 is 0 Å². The monoisotopic (exact) mass is 187 g/mol. The number of benzene rings is 1. The molecule has 1 heterocycles. The fourth-order valence-electron chi connectivity index (χ4n) is 2.55. The molecule has 1 saturated carbocycles. The molecule has 0 spiro atoms. The van der Waals surface area contributed by atoms with E-state index < -0.39 is 0 Å². The first kappa shape index (κ1) is 8.16. The quantitative estimate of drug-likeness (QED) is 0.632. The second kappa shape index (κ2) is 3.19. The number of hydrogen-bond acceptors (Lipinski definition) is 1. The molecule has 1 aliphatic heterocycles. The van der Waals surface area contributed by atoms with Crippen LogP contribution in [0.2, 0.25) is 0 Å². The van der Waals surface area contributed by atoms with Crippen LogP contribution in [0.3, 0.4) is 0 Å². The van der Waals surface area contributed by atoms with E-state index in [0.717, 1.165) is 12.6 Å². The van der Waals surface area contributed by atoms with Crippen molar-refractivity contribution in [1.82, 2.24) is 0 Å². The summed E-state index contributed by atoms with van der Waals surface area (Å²) in [4.78, 5) is 0. The van der Waals surface area contributed by atoms with Gasteiger partial charge in [0.05, 0.1) is 0 Å². The second-order valence-electron chi connectivity index (χ2n) is 4.32. The summed E-state index contributed by atoms with van der Waals surface area (Å²) in [5, 5.41) is 4.68. The Morgan fingerprint density at radius 1 is 1.21 bits per heavy atom. The molecular formula is C12H15N2+. The largest absolute Gasteiger partial charge is 0.193 e. The molecule has 0 N–H and O–H groups in total. The summed E-state index contributed by atoms with van der Waals surface area (Å²) in [6.45, 7) is 1.00. The molecule has 2 atom stereocenters. The fourth-order valence-corrected chi connectivity index (χ4v) is 2.55. The van der Waals surface area contributed by atoms with Crippen molar-refractivity contribution in [3.05, 3.63) is 35.9 Å². The van der Waals surface area contributed by atoms with Gasteiger partial charge in [-0.25, -0.2) is 0 Å². The minimum absolute atomic E-state index is 0.642. The molecular weight excluding hydrogens is 172 g/mol. The third-order valence-corrected chi connectivity index (χ3v) is 3.30. The summed E-state index contributed by atoms with van der Waals surface area (Å²) in [7, 11) is 0. The minimum atomic E-state index is 0.642. The predicted molar refractivity (Wildman–Crippen MR) is 54.3 cm³/mol. The molecule has 14 heavy (non-hydrogen) atoms. The number of azo groups is 2. The van der Waals surface area contributed by atoms with Gasteiger partial charge in [-0.3, -0.25) is 0 Å². The van der Waals surface area contributed by atoms with Gasteiger partial charge in [0, 0.05) is 18.4 Å². The Morgan fingerprint density at radius 2 is 2.07 bits per heavy atom. The zero-order valence-electron chi connectivity index (χ0n) is 8.26. The van der Waals surface area contributed by atoms with Crippen molar-refractivity contribution in [2.45, 2.75) is 37.9 Å². The van der Waals surface area contributed by atoms with Gasteiger partial charge in [0.2, 0.25) is 0 Å². The zero-order chi connectivity index (χ0) is 9.38. The van der Waals surface area contributed by atoms with E-state index in [-0.39, 0.29) is 0 Å². The SMILES string of the molecule is c1ccc(C[N+]2=NC3CCC2C3)cc1. The molecule has 1 aromatic carbocycles. The first-order valence-electron chi connectivity index (χ1n) is 5.43. The lowest BCUT2D eigenvalue weighted by Crippen LogP contribution is -2.19. The van der Waals surface area contributed by atoms with Gasteiger partial charge in [-0.1, -0.05) is 30.3 Å². The maximum atomic E-state index is 4.68. The number of rotatable bonds is 2. The third-order valence-electron chi connectivity index (χ3n) is 3.30. The molecule has 2 aliphatic rings. The summed E-state index contributed by atoms with van der Waals surface area (Å²) in [6.07, 6.45) is 3.96. The number of hydrogen-bond donors (Lipinski definition) is 0. The van der Waals surface area contributed by atoms with Crippen molar-refractivity contribution < 1.29 is 4.70 Å². The van der Waals surface area contributed by atoms with Crippen LogP contribution in [0.15, 0.2) is 35.4 Å². The molecule has 0 saturated heterocycles. The zero-order valence-corrected chi connectivity index (χ0v) is 8.26. The average Bonchev–Trinajstić information content (AvgIpc) is 2.81. The Labute approximate surface area is 84.3 Å². The molecule has 72 valence electrons. The van der Waals surface area contributed by atoms with E-state index in [1.807, 2.05) is 0 Å². The predicted octanol–water partition coefficient (Wildman–Crippen LogP) is 2.59. The average molecular weight is 187 g/mol. The highest BCUT2D eigenvalue weighted by Gasteiger charge is 2.41. The minimum Gasteiger partial charge on any atom is -0.120 e. The van der Waals surface area contributed by atoms with Gasteiger partial charge in [0.1, 0.15) is 6.04 Å². The third kappa shape index (κ3) is 1.35. The first-order chi connectivity index (χ1) is 6.92.